The van der Waals surface area contributed by atoms with E-state index in [4.69, 9.17) is 0 Å². The van der Waals surface area contributed by atoms with Gasteiger partial charge in [0.15, 0.2) is 0 Å². The van der Waals surface area contributed by atoms with Gasteiger partial charge in [-0.3, -0.25) is 5.10 Å². The summed E-state index contributed by atoms with van der Waals surface area (Å²) in [5.74, 6) is 1.86. The van der Waals surface area contributed by atoms with E-state index in [0.717, 1.165) is 47.0 Å². The van der Waals surface area contributed by atoms with Gasteiger partial charge >= 0.3 is 0 Å². The number of pyridine rings is 2. The number of hydrogen-bond donors (Lipinski definition) is 2. The molecule has 1 fully saturated rings. The Morgan fingerprint density at radius 1 is 1.09 bits per heavy atom. The van der Waals surface area contributed by atoms with Gasteiger partial charge in [0.25, 0.3) is 0 Å². The predicted octanol–water partition coefficient (Wildman–Crippen LogP) is 3.40. The van der Waals surface area contributed by atoms with Crippen molar-refractivity contribution in [1.82, 2.24) is 20.2 Å². The molecule has 118 valence electrons. The lowest BCUT2D eigenvalue weighted by Gasteiger charge is -2.27. The first-order valence-electron chi connectivity index (χ1n) is 8.09. The van der Waals surface area contributed by atoms with Gasteiger partial charge in [0.2, 0.25) is 0 Å². The number of nitrogens with zero attached hydrogens (tertiary/aromatic N) is 4. The van der Waals surface area contributed by atoms with Gasteiger partial charge in [-0.15, -0.1) is 0 Å². The van der Waals surface area contributed by atoms with Crippen LogP contribution in [0.25, 0.3) is 10.9 Å². The van der Waals surface area contributed by atoms with Crippen LogP contribution in [-0.4, -0.2) is 33.3 Å². The molecule has 0 unspecified atom stereocenters. The van der Waals surface area contributed by atoms with Crippen molar-refractivity contribution < 1.29 is 0 Å². The number of aryl methyl sites for hydroxylation is 1. The monoisotopic (exact) mass is 308 g/mol. The Labute approximate surface area is 135 Å². The molecule has 6 nitrogen and oxygen atoms in total. The van der Waals surface area contributed by atoms with Crippen LogP contribution in [0.15, 0.2) is 30.6 Å². The highest BCUT2D eigenvalue weighted by Gasteiger charge is 2.12. The molecule has 3 aromatic rings. The van der Waals surface area contributed by atoms with Crippen LogP contribution >= 0.6 is 0 Å². The Hall–Kier alpha value is -2.63. The van der Waals surface area contributed by atoms with Crippen molar-refractivity contribution in [3.8, 4) is 0 Å². The number of H-pyrrole nitrogens is 1. The minimum atomic E-state index is 0.807. The molecule has 0 radical (unpaired) electrons. The molecule has 0 bridgehead atoms. The van der Waals surface area contributed by atoms with Gasteiger partial charge in [0.05, 0.1) is 22.8 Å². The first-order chi connectivity index (χ1) is 11.3. The zero-order chi connectivity index (χ0) is 15.6. The Morgan fingerprint density at radius 2 is 1.96 bits per heavy atom. The van der Waals surface area contributed by atoms with E-state index in [1.807, 2.05) is 19.2 Å². The van der Waals surface area contributed by atoms with Gasteiger partial charge in [0.1, 0.15) is 11.6 Å². The number of piperidine rings is 1. The van der Waals surface area contributed by atoms with Crippen molar-refractivity contribution in [1.29, 1.82) is 0 Å². The van der Waals surface area contributed by atoms with E-state index in [-0.39, 0.29) is 0 Å². The number of aromatic nitrogens is 4. The summed E-state index contributed by atoms with van der Waals surface area (Å²) in [7, 11) is 0. The number of hydrogen-bond acceptors (Lipinski definition) is 5. The van der Waals surface area contributed by atoms with Gasteiger partial charge in [0, 0.05) is 25.0 Å². The third kappa shape index (κ3) is 2.72. The van der Waals surface area contributed by atoms with Crippen LogP contribution in [0.5, 0.6) is 0 Å². The molecule has 1 aliphatic heterocycles. The minimum absolute atomic E-state index is 0.807. The van der Waals surface area contributed by atoms with Crippen molar-refractivity contribution in [3.63, 3.8) is 0 Å². The van der Waals surface area contributed by atoms with Crippen LogP contribution in [0.2, 0.25) is 0 Å². The molecule has 6 heteroatoms. The van der Waals surface area contributed by atoms with E-state index in [2.05, 4.69) is 42.5 Å². The lowest BCUT2D eigenvalue weighted by molar-refractivity contribution is 0.573. The van der Waals surface area contributed by atoms with Gasteiger partial charge < -0.3 is 10.2 Å². The van der Waals surface area contributed by atoms with Crippen LogP contribution in [0.1, 0.15) is 25.0 Å². The van der Waals surface area contributed by atoms with Crippen molar-refractivity contribution in [2.75, 3.05) is 23.3 Å². The van der Waals surface area contributed by atoms with Crippen molar-refractivity contribution in [2.45, 2.75) is 26.2 Å². The molecule has 0 amide bonds. The quantitative estimate of drug-likeness (QED) is 0.776. The normalized spacial score (nSPS) is 15.1. The molecule has 2 N–H and O–H groups in total. The molecule has 0 spiro atoms. The van der Waals surface area contributed by atoms with Gasteiger partial charge in [-0.1, -0.05) is 0 Å². The van der Waals surface area contributed by atoms with Gasteiger partial charge in [-0.05, 0) is 44.4 Å². The van der Waals surface area contributed by atoms with Crippen LogP contribution in [0.4, 0.5) is 17.3 Å². The number of aromatic amines is 1. The van der Waals surface area contributed by atoms with Crippen LogP contribution in [-0.2, 0) is 0 Å². The molecule has 0 aliphatic carbocycles. The summed E-state index contributed by atoms with van der Waals surface area (Å²) in [5.41, 5.74) is 2.86. The Morgan fingerprint density at radius 3 is 2.74 bits per heavy atom. The summed E-state index contributed by atoms with van der Waals surface area (Å²) < 4.78 is 0. The first-order valence-corrected chi connectivity index (χ1v) is 8.09. The molecular formula is C17H20N6. The Balaban J connectivity index is 1.57. The first kappa shape index (κ1) is 14.0. The fraction of sp³-hybridized carbons (Fsp3) is 0.353. The van der Waals surface area contributed by atoms with Gasteiger partial charge in [-0.2, -0.15) is 5.10 Å². The molecule has 0 atom stereocenters. The third-order valence-electron chi connectivity index (χ3n) is 4.34. The topological polar surface area (TPSA) is 69.7 Å². The lowest BCUT2D eigenvalue weighted by atomic mass is 10.1. The summed E-state index contributed by atoms with van der Waals surface area (Å²) in [6.45, 7) is 4.21. The molecule has 4 heterocycles. The number of nitrogens with one attached hydrogen (secondary N) is 2. The van der Waals surface area contributed by atoms with E-state index in [1.54, 1.807) is 6.20 Å². The second-order valence-electron chi connectivity index (χ2n) is 5.98. The predicted molar refractivity (Wildman–Crippen MR) is 92.2 cm³/mol. The van der Waals surface area contributed by atoms with Crippen molar-refractivity contribution >= 4 is 28.2 Å². The molecule has 1 aliphatic rings. The smallest absolute Gasteiger partial charge is 0.141 e. The van der Waals surface area contributed by atoms with Crippen molar-refractivity contribution in [2.24, 2.45) is 0 Å². The highest BCUT2D eigenvalue weighted by molar-refractivity contribution is 5.92. The Bertz CT molecular complexity index is 802. The summed E-state index contributed by atoms with van der Waals surface area (Å²) in [4.78, 5) is 11.4. The molecule has 4 rings (SSSR count). The van der Waals surface area contributed by atoms with E-state index < -0.39 is 0 Å². The molecular weight excluding hydrogens is 288 g/mol. The van der Waals surface area contributed by atoms with Crippen molar-refractivity contribution in [3.05, 3.63) is 36.3 Å². The highest BCUT2D eigenvalue weighted by Crippen LogP contribution is 2.26. The number of anilines is 3. The fourth-order valence-corrected chi connectivity index (χ4v) is 3.12. The zero-order valence-electron chi connectivity index (χ0n) is 13.2. The highest BCUT2D eigenvalue weighted by atomic mass is 15.2. The largest absolute Gasteiger partial charge is 0.357 e. The third-order valence-corrected chi connectivity index (χ3v) is 4.34. The standard InChI is InChI=1S/C17H20N6/c1-12-16-14(22-21-12)7-8-18-17(16)20-13-5-6-15(19-11-13)23-9-3-2-4-10-23/h5-8,11H,2-4,9-10H2,1H3,(H,18,20)(H,21,22). The lowest BCUT2D eigenvalue weighted by Crippen LogP contribution is -2.29. The zero-order valence-corrected chi connectivity index (χ0v) is 13.2. The summed E-state index contributed by atoms with van der Waals surface area (Å²) in [6, 6.07) is 6.05. The minimum Gasteiger partial charge on any atom is -0.357 e. The molecule has 0 saturated carbocycles. The van der Waals surface area contributed by atoms with E-state index >= 15 is 0 Å². The van der Waals surface area contributed by atoms with E-state index in [9.17, 15) is 0 Å². The number of fused-ring (bicyclic) bond motifs is 1. The maximum Gasteiger partial charge on any atom is 0.141 e. The second kappa shape index (κ2) is 5.87. The van der Waals surface area contributed by atoms with E-state index in [0.29, 0.717) is 0 Å². The summed E-state index contributed by atoms with van der Waals surface area (Å²) in [6.07, 6.45) is 7.48. The molecule has 0 aromatic carbocycles. The van der Waals surface area contributed by atoms with Crippen LogP contribution in [0.3, 0.4) is 0 Å². The van der Waals surface area contributed by atoms with Crippen LogP contribution in [0, 0.1) is 6.92 Å². The maximum absolute atomic E-state index is 4.60. The number of rotatable bonds is 3. The summed E-state index contributed by atoms with van der Waals surface area (Å²) in [5, 5.41) is 11.6. The molecule has 23 heavy (non-hydrogen) atoms. The average molecular weight is 308 g/mol. The second-order valence-corrected chi connectivity index (χ2v) is 5.98. The molecule has 3 aromatic heterocycles. The maximum atomic E-state index is 4.60. The average Bonchev–Trinajstić information content (AvgIpc) is 2.99. The van der Waals surface area contributed by atoms with E-state index in [1.165, 1.54) is 19.3 Å². The SMILES string of the molecule is Cc1[nH]nc2ccnc(Nc3ccc(N4CCCCC4)nc3)c12. The molecule has 1 saturated heterocycles. The summed E-state index contributed by atoms with van der Waals surface area (Å²) >= 11 is 0. The Kier molecular flexibility index (Phi) is 3.57. The fourth-order valence-electron chi connectivity index (χ4n) is 3.12. The van der Waals surface area contributed by atoms with Gasteiger partial charge in [-0.25, -0.2) is 9.97 Å². The van der Waals surface area contributed by atoms with Crippen LogP contribution < -0.4 is 10.2 Å².